The monoisotopic (exact) mass is 540 g/mol. The summed E-state index contributed by atoms with van der Waals surface area (Å²) in [5, 5.41) is 12.7. The number of amides is 1. The van der Waals surface area contributed by atoms with Crippen molar-refractivity contribution in [3.63, 3.8) is 0 Å². The van der Waals surface area contributed by atoms with Crippen molar-refractivity contribution >= 4 is 55.6 Å². The molecule has 1 saturated heterocycles. The first-order valence-electron chi connectivity index (χ1n) is 10.5. The van der Waals surface area contributed by atoms with Gasteiger partial charge >= 0.3 is 0 Å². The molecule has 1 N–H and O–H groups in total. The zero-order valence-corrected chi connectivity index (χ0v) is 21.3. The average Bonchev–Trinajstić information content (AvgIpc) is 3.30. The number of nitrogens with zero attached hydrogens (tertiary/aromatic N) is 3. The highest BCUT2D eigenvalue weighted by Gasteiger charge is 2.33. The summed E-state index contributed by atoms with van der Waals surface area (Å²) in [5.41, 5.74) is 1.40. The van der Waals surface area contributed by atoms with Crippen molar-refractivity contribution in [2.75, 3.05) is 25.5 Å². The van der Waals surface area contributed by atoms with Crippen molar-refractivity contribution in [3.05, 3.63) is 58.1 Å². The van der Waals surface area contributed by atoms with Crippen LogP contribution in [0.25, 0.3) is 10.6 Å². The molecule has 2 heterocycles. The Bertz CT molecular complexity index is 1280. The SMILES string of the molecule is COc1ccc(-c2nnc(NC(=O)[C@@H]3CCCN(S(=O)(=O)Cc4ccc(Cl)c(Cl)c4)C3)s2)cc1. The molecule has 0 bridgehead atoms. The molecule has 180 valence electrons. The molecule has 0 aliphatic carbocycles. The number of carbonyl (C=O) groups is 1. The van der Waals surface area contributed by atoms with E-state index < -0.39 is 15.9 Å². The van der Waals surface area contributed by atoms with Crippen LogP contribution >= 0.6 is 34.5 Å². The topological polar surface area (TPSA) is 101 Å². The smallest absolute Gasteiger partial charge is 0.230 e. The summed E-state index contributed by atoms with van der Waals surface area (Å²) in [7, 11) is -2.03. The Morgan fingerprint density at radius 2 is 1.94 bits per heavy atom. The molecule has 0 unspecified atom stereocenters. The van der Waals surface area contributed by atoms with Crippen molar-refractivity contribution in [1.29, 1.82) is 0 Å². The molecule has 1 atom stereocenters. The maximum absolute atomic E-state index is 13.0. The molecule has 34 heavy (non-hydrogen) atoms. The van der Waals surface area contributed by atoms with Crippen LogP contribution in [0.15, 0.2) is 42.5 Å². The average molecular weight is 541 g/mol. The van der Waals surface area contributed by atoms with Gasteiger partial charge in [0.25, 0.3) is 0 Å². The molecule has 1 aliphatic heterocycles. The van der Waals surface area contributed by atoms with E-state index in [1.165, 1.54) is 15.6 Å². The Morgan fingerprint density at radius 3 is 2.65 bits per heavy atom. The van der Waals surface area contributed by atoms with Gasteiger partial charge in [-0.3, -0.25) is 4.79 Å². The van der Waals surface area contributed by atoms with Crippen molar-refractivity contribution in [1.82, 2.24) is 14.5 Å². The van der Waals surface area contributed by atoms with E-state index in [2.05, 4.69) is 15.5 Å². The summed E-state index contributed by atoms with van der Waals surface area (Å²) in [6.07, 6.45) is 1.18. The van der Waals surface area contributed by atoms with Crippen molar-refractivity contribution in [3.8, 4) is 16.3 Å². The first-order chi connectivity index (χ1) is 16.2. The lowest BCUT2D eigenvalue weighted by molar-refractivity contribution is -0.120. The number of methoxy groups -OCH3 is 1. The standard InChI is InChI=1S/C22H22Cl2N4O4S2/c1-32-17-7-5-15(6-8-17)21-26-27-22(33-21)25-20(29)16-3-2-10-28(12-16)34(30,31)13-14-4-9-18(23)19(24)11-14/h4-9,11,16H,2-3,10,12-13H2,1H3,(H,25,27,29)/t16-/m1/s1. The molecule has 0 radical (unpaired) electrons. The fourth-order valence-corrected chi connectivity index (χ4v) is 6.34. The number of anilines is 1. The Morgan fingerprint density at radius 1 is 1.18 bits per heavy atom. The van der Waals surface area contributed by atoms with Gasteiger partial charge in [0.2, 0.25) is 21.1 Å². The number of benzene rings is 2. The number of sulfonamides is 1. The van der Waals surface area contributed by atoms with Gasteiger partial charge < -0.3 is 10.1 Å². The van der Waals surface area contributed by atoms with Crippen LogP contribution in [0, 0.1) is 5.92 Å². The molecule has 1 amide bonds. The van der Waals surface area contributed by atoms with Gasteiger partial charge in [-0.15, -0.1) is 10.2 Å². The van der Waals surface area contributed by atoms with Crippen molar-refractivity contribution in [2.24, 2.45) is 5.92 Å². The molecule has 12 heteroatoms. The summed E-state index contributed by atoms with van der Waals surface area (Å²) in [5.74, 6) is -0.227. The molecule has 0 spiro atoms. The molecule has 8 nitrogen and oxygen atoms in total. The van der Waals surface area contributed by atoms with Crippen LogP contribution < -0.4 is 10.1 Å². The zero-order chi connectivity index (χ0) is 24.3. The number of ether oxygens (including phenoxy) is 1. The fourth-order valence-electron chi connectivity index (χ4n) is 3.67. The quantitative estimate of drug-likeness (QED) is 0.465. The molecule has 3 aromatic rings. The third kappa shape index (κ3) is 5.87. The van der Waals surface area contributed by atoms with Crippen LogP contribution in [0.3, 0.4) is 0 Å². The Balaban J connectivity index is 1.39. The highest BCUT2D eigenvalue weighted by atomic mass is 35.5. The first kappa shape index (κ1) is 24.9. The second-order valence-electron chi connectivity index (χ2n) is 7.83. The lowest BCUT2D eigenvalue weighted by atomic mass is 9.99. The minimum atomic E-state index is -3.63. The fraction of sp³-hybridized carbons (Fsp3) is 0.318. The molecule has 2 aromatic carbocycles. The van der Waals surface area contributed by atoms with E-state index in [0.29, 0.717) is 45.1 Å². The van der Waals surface area contributed by atoms with Crippen LogP contribution in [-0.2, 0) is 20.6 Å². The predicted octanol–water partition coefficient (Wildman–Crippen LogP) is 4.70. The molecule has 1 aromatic heterocycles. The van der Waals surface area contributed by atoms with Gasteiger partial charge in [-0.1, -0.05) is 40.6 Å². The molecular weight excluding hydrogens is 519 g/mol. The maximum atomic E-state index is 13.0. The summed E-state index contributed by atoms with van der Waals surface area (Å²) in [4.78, 5) is 12.9. The number of hydrogen-bond donors (Lipinski definition) is 1. The molecule has 1 aliphatic rings. The number of rotatable bonds is 7. The Kier molecular flexibility index (Phi) is 7.73. The number of carbonyl (C=O) groups excluding carboxylic acids is 1. The lowest BCUT2D eigenvalue weighted by Crippen LogP contribution is -2.44. The number of halogens is 2. The van der Waals surface area contributed by atoms with Crippen LogP contribution in [0.2, 0.25) is 10.0 Å². The first-order valence-corrected chi connectivity index (χ1v) is 13.6. The largest absolute Gasteiger partial charge is 0.497 e. The summed E-state index contributed by atoms with van der Waals surface area (Å²) < 4.78 is 32.5. The van der Waals surface area contributed by atoms with Crippen LogP contribution in [0.5, 0.6) is 5.75 Å². The van der Waals surface area contributed by atoms with E-state index in [9.17, 15) is 13.2 Å². The molecule has 0 saturated carbocycles. The number of nitrogens with one attached hydrogen (secondary N) is 1. The van der Waals surface area contributed by atoms with Crippen molar-refractivity contribution < 1.29 is 17.9 Å². The number of aromatic nitrogens is 2. The number of hydrogen-bond acceptors (Lipinski definition) is 7. The van der Waals surface area contributed by atoms with E-state index in [1.54, 1.807) is 25.3 Å². The van der Waals surface area contributed by atoms with Gasteiger partial charge in [0.1, 0.15) is 10.8 Å². The molecule has 4 rings (SSSR count). The zero-order valence-electron chi connectivity index (χ0n) is 18.2. The summed E-state index contributed by atoms with van der Waals surface area (Å²) in [6, 6.07) is 12.1. The van der Waals surface area contributed by atoms with Crippen LogP contribution in [0.4, 0.5) is 5.13 Å². The second-order valence-corrected chi connectivity index (χ2v) is 11.6. The lowest BCUT2D eigenvalue weighted by Gasteiger charge is -2.31. The Labute approximate surface area is 211 Å². The van der Waals surface area contributed by atoms with Gasteiger partial charge in [0, 0.05) is 18.7 Å². The van der Waals surface area contributed by atoms with Gasteiger partial charge in [-0.2, -0.15) is 0 Å². The van der Waals surface area contributed by atoms with Gasteiger partial charge in [-0.25, -0.2) is 12.7 Å². The minimum absolute atomic E-state index is 0.111. The van der Waals surface area contributed by atoms with E-state index in [-0.39, 0.29) is 18.2 Å². The molecular formula is C22H22Cl2N4O4S2. The summed E-state index contributed by atoms with van der Waals surface area (Å²) in [6.45, 7) is 0.480. The predicted molar refractivity (Wildman–Crippen MR) is 134 cm³/mol. The van der Waals surface area contributed by atoms with Crippen LogP contribution in [-0.4, -0.2) is 49.0 Å². The van der Waals surface area contributed by atoms with E-state index in [1.807, 2.05) is 24.3 Å². The third-order valence-electron chi connectivity index (χ3n) is 5.47. The summed E-state index contributed by atoms with van der Waals surface area (Å²) >= 11 is 13.2. The minimum Gasteiger partial charge on any atom is -0.497 e. The van der Waals surface area contributed by atoms with E-state index >= 15 is 0 Å². The van der Waals surface area contributed by atoms with E-state index in [4.69, 9.17) is 27.9 Å². The van der Waals surface area contributed by atoms with Crippen molar-refractivity contribution in [2.45, 2.75) is 18.6 Å². The normalized spacial score (nSPS) is 16.9. The second kappa shape index (κ2) is 10.6. The van der Waals surface area contributed by atoms with Crippen LogP contribution in [0.1, 0.15) is 18.4 Å². The number of piperidine rings is 1. The van der Waals surface area contributed by atoms with Gasteiger partial charge in [-0.05, 0) is 54.8 Å². The van der Waals surface area contributed by atoms with E-state index in [0.717, 1.165) is 11.3 Å². The van der Waals surface area contributed by atoms with Gasteiger partial charge in [0.15, 0.2) is 0 Å². The maximum Gasteiger partial charge on any atom is 0.230 e. The third-order valence-corrected chi connectivity index (χ3v) is 8.92. The Hall–Kier alpha value is -2.24. The highest BCUT2D eigenvalue weighted by Crippen LogP contribution is 2.29. The highest BCUT2D eigenvalue weighted by molar-refractivity contribution is 7.88. The van der Waals surface area contributed by atoms with Gasteiger partial charge in [0.05, 0.1) is 28.8 Å². The molecule has 1 fully saturated rings.